The van der Waals surface area contributed by atoms with Crippen molar-refractivity contribution in [3.63, 3.8) is 0 Å². The van der Waals surface area contributed by atoms with E-state index in [1.54, 1.807) is 14.2 Å². The Kier molecular flexibility index (Phi) is 4.93. The first-order valence-corrected chi connectivity index (χ1v) is 10.7. The number of hydrogen-bond acceptors (Lipinski definition) is 6. The van der Waals surface area contributed by atoms with Crippen LogP contribution in [-0.4, -0.2) is 38.3 Å². The maximum Gasteiger partial charge on any atom is 0.339 e. The van der Waals surface area contributed by atoms with Crippen LogP contribution in [0, 0.1) is 5.92 Å². The largest absolute Gasteiger partial charge is 0.493 e. The van der Waals surface area contributed by atoms with Crippen molar-refractivity contribution in [1.82, 2.24) is 4.98 Å². The Labute approximate surface area is 181 Å². The average molecular weight is 418 g/mol. The van der Waals surface area contributed by atoms with Crippen LogP contribution in [0.2, 0.25) is 0 Å². The third-order valence-corrected chi connectivity index (χ3v) is 6.31. The molecular weight excluding hydrogens is 392 g/mol. The topological polar surface area (TPSA) is 60.9 Å². The molecular formula is C25H26N2O4. The van der Waals surface area contributed by atoms with Gasteiger partial charge in [0.1, 0.15) is 12.4 Å². The van der Waals surface area contributed by atoms with Gasteiger partial charge >= 0.3 is 5.97 Å². The fourth-order valence-electron chi connectivity index (χ4n) is 4.77. The number of nitrogens with zero attached hydrogens (tertiary/aromatic N) is 2. The summed E-state index contributed by atoms with van der Waals surface area (Å²) in [6.07, 6.45) is 4.32. The molecule has 31 heavy (non-hydrogen) atoms. The molecule has 1 atom stereocenters. The van der Waals surface area contributed by atoms with E-state index < -0.39 is 0 Å². The van der Waals surface area contributed by atoms with Gasteiger partial charge in [0.15, 0.2) is 11.5 Å². The second-order valence-corrected chi connectivity index (χ2v) is 8.39. The summed E-state index contributed by atoms with van der Waals surface area (Å²) in [4.78, 5) is 19.7. The van der Waals surface area contributed by atoms with E-state index in [-0.39, 0.29) is 12.6 Å². The van der Waals surface area contributed by atoms with Gasteiger partial charge in [0, 0.05) is 36.0 Å². The van der Waals surface area contributed by atoms with Gasteiger partial charge in [-0.2, -0.15) is 0 Å². The second-order valence-electron chi connectivity index (χ2n) is 8.39. The van der Waals surface area contributed by atoms with Crippen LogP contribution in [0.4, 0.5) is 5.82 Å². The Bertz CT molecular complexity index is 1160. The molecule has 0 amide bonds. The third kappa shape index (κ3) is 3.36. The van der Waals surface area contributed by atoms with Gasteiger partial charge in [-0.3, -0.25) is 0 Å². The van der Waals surface area contributed by atoms with Crippen LogP contribution in [0.15, 0.2) is 36.5 Å². The molecule has 3 aromatic rings. The van der Waals surface area contributed by atoms with Gasteiger partial charge in [-0.25, -0.2) is 9.78 Å². The molecule has 1 unspecified atom stereocenters. The molecule has 2 aromatic carbocycles. The molecule has 0 N–H and O–H groups in total. The number of pyridine rings is 1. The van der Waals surface area contributed by atoms with E-state index in [2.05, 4.69) is 24.0 Å². The van der Waals surface area contributed by atoms with Gasteiger partial charge in [0.05, 0.1) is 19.8 Å². The number of cyclic esters (lactones) is 1. The van der Waals surface area contributed by atoms with Gasteiger partial charge in [-0.1, -0.05) is 6.92 Å². The Morgan fingerprint density at radius 3 is 2.61 bits per heavy atom. The first-order chi connectivity index (χ1) is 15.1. The maximum atomic E-state index is 12.6. The van der Waals surface area contributed by atoms with Crippen molar-refractivity contribution in [2.75, 3.05) is 32.2 Å². The van der Waals surface area contributed by atoms with E-state index >= 15 is 0 Å². The zero-order chi connectivity index (χ0) is 21.5. The number of rotatable bonds is 4. The first kappa shape index (κ1) is 19.7. The molecule has 5 rings (SSSR count). The molecule has 6 nitrogen and oxygen atoms in total. The highest BCUT2D eigenvalue weighted by Crippen LogP contribution is 2.42. The molecule has 0 saturated carbocycles. The molecule has 1 aromatic heterocycles. The lowest BCUT2D eigenvalue weighted by molar-refractivity contribution is 0.0535. The van der Waals surface area contributed by atoms with Crippen molar-refractivity contribution in [2.24, 2.45) is 5.92 Å². The molecule has 6 heteroatoms. The summed E-state index contributed by atoms with van der Waals surface area (Å²) >= 11 is 0. The molecule has 1 fully saturated rings. The van der Waals surface area contributed by atoms with Crippen LogP contribution in [0.25, 0.3) is 21.9 Å². The molecule has 0 aliphatic carbocycles. The summed E-state index contributed by atoms with van der Waals surface area (Å²) < 4.78 is 16.4. The molecule has 1 saturated heterocycles. The van der Waals surface area contributed by atoms with Gasteiger partial charge < -0.3 is 19.1 Å². The lowest BCUT2D eigenvalue weighted by atomic mass is 9.91. The Morgan fingerprint density at radius 1 is 1.10 bits per heavy atom. The van der Waals surface area contributed by atoms with Crippen molar-refractivity contribution >= 4 is 22.6 Å². The van der Waals surface area contributed by atoms with Gasteiger partial charge in [0.2, 0.25) is 0 Å². The Hall–Kier alpha value is -3.28. The molecule has 160 valence electrons. The monoisotopic (exact) mass is 418 g/mol. The van der Waals surface area contributed by atoms with Crippen LogP contribution in [0.1, 0.15) is 35.7 Å². The number of aromatic nitrogens is 1. The van der Waals surface area contributed by atoms with Crippen molar-refractivity contribution in [3.05, 3.63) is 47.7 Å². The number of fused-ring (bicyclic) bond motifs is 2. The highest BCUT2D eigenvalue weighted by Gasteiger charge is 2.28. The van der Waals surface area contributed by atoms with E-state index in [1.807, 2.05) is 24.4 Å². The van der Waals surface area contributed by atoms with Gasteiger partial charge in [-0.05, 0) is 59.9 Å². The smallest absolute Gasteiger partial charge is 0.339 e. The number of piperidine rings is 1. The van der Waals surface area contributed by atoms with E-state index in [9.17, 15) is 4.79 Å². The normalized spacial score (nSPS) is 18.1. The van der Waals surface area contributed by atoms with Crippen molar-refractivity contribution in [2.45, 2.75) is 26.4 Å². The standard InChI is InChI=1S/C25H26N2O4/c1-15-5-4-8-27(13-15)22-7-6-16(12-26-22)23-19-11-21(30-3)20(29-2)10-17(19)9-18-14-31-25(28)24(18)23/h6-7,9-12,15H,4-5,8,13-14H2,1-3H3. The molecule has 3 heterocycles. The summed E-state index contributed by atoms with van der Waals surface area (Å²) in [7, 11) is 3.23. The number of ether oxygens (including phenoxy) is 3. The highest BCUT2D eigenvalue weighted by atomic mass is 16.5. The second kappa shape index (κ2) is 7.76. The number of hydrogen-bond donors (Lipinski definition) is 0. The van der Waals surface area contributed by atoms with Gasteiger partial charge in [0.25, 0.3) is 0 Å². The summed E-state index contributed by atoms with van der Waals surface area (Å²) in [5, 5.41) is 1.88. The minimum absolute atomic E-state index is 0.280. The number of benzene rings is 2. The number of methoxy groups -OCH3 is 2. The molecule has 0 bridgehead atoms. The SMILES string of the molecule is COc1cc2cc3c(c(-c4ccc(N5CCCC(C)C5)nc4)c2cc1OC)C(=O)OC3. The minimum Gasteiger partial charge on any atom is -0.493 e. The highest BCUT2D eigenvalue weighted by molar-refractivity contribution is 6.11. The van der Waals surface area contributed by atoms with Crippen LogP contribution in [-0.2, 0) is 11.3 Å². The summed E-state index contributed by atoms with van der Waals surface area (Å²) in [5.74, 6) is 2.63. The zero-order valence-corrected chi connectivity index (χ0v) is 18.1. The van der Waals surface area contributed by atoms with Crippen LogP contribution in [0.3, 0.4) is 0 Å². The zero-order valence-electron chi connectivity index (χ0n) is 18.1. The predicted octanol–water partition coefficient (Wildman–Crippen LogP) is 4.83. The van der Waals surface area contributed by atoms with Crippen LogP contribution < -0.4 is 14.4 Å². The Morgan fingerprint density at radius 2 is 1.90 bits per heavy atom. The van der Waals surface area contributed by atoms with Crippen molar-refractivity contribution < 1.29 is 19.0 Å². The quantitative estimate of drug-likeness (QED) is 0.566. The maximum absolute atomic E-state index is 12.6. The summed E-state index contributed by atoms with van der Waals surface area (Å²) in [6, 6.07) is 9.98. The predicted molar refractivity (Wildman–Crippen MR) is 120 cm³/mol. The number of carbonyl (C=O) groups excluding carboxylic acids is 1. The molecule has 2 aliphatic rings. The Balaban J connectivity index is 1.66. The fraction of sp³-hybridized carbons (Fsp3) is 0.360. The molecule has 2 aliphatic heterocycles. The van der Waals surface area contributed by atoms with Crippen molar-refractivity contribution in [3.8, 4) is 22.6 Å². The summed E-state index contributed by atoms with van der Waals surface area (Å²) in [5.41, 5.74) is 3.22. The fourth-order valence-corrected chi connectivity index (χ4v) is 4.77. The number of anilines is 1. The number of carbonyl (C=O) groups is 1. The van der Waals surface area contributed by atoms with E-state index in [0.29, 0.717) is 23.0 Å². The summed E-state index contributed by atoms with van der Waals surface area (Å²) in [6.45, 7) is 4.62. The molecule has 0 spiro atoms. The van der Waals surface area contributed by atoms with E-state index in [1.165, 1.54) is 12.8 Å². The van der Waals surface area contributed by atoms with Crippen LogP contribution in [0.5, 0.6) is 11.5 Å². The lowest BCUT2D eigenvalue weighted by Gasteiger charge is -2.31. The third-order valence-electron chi connectivity index (χ3n) is 6.31. The van der Waals surface area contributed by atoms with E-state index in [4.69, 9.17) is 19.2 Å². The minimum atomic E-state index is -0.296. The number of esters is 1. The molecule has 0 radical (unpaired) electrons. The first-order valence-electron chi connectivity index (χ1n) is 10.7. The van der Waals surface area contributed by atoms with Crippen molar-refractivity contribution in [1.29, 1.82) is 0 Å². The average Bonchev–Trinajstić information content (AvgIpc) is 3.16. The van der Waals surface area contributed by atoms with Crippen LogP contribution >= 0.6 is 0 Å². The van der Waals surface area contributed by atoms with E-state index in [0.717, 1.165) is 46.4 Å². The van der Waals surface area contributed by atoms with Gasteiger partial charge in [-0.15, -0.1) is 0 Å². The lowest BCUT2D eigenvalue weighted by Crippen LogP contribution is -2.34.